The summed E-state index contributed by atoms with van der Waals surface area (Å²) in [6.45, 7) is 0.585. The topological polar surface area (TPSA) is 99.8 Å². The second kappa shape index (κ2) is 5.47. The molecule has 3 aromatic heterocycles. The van der Waals surface area contributed by atoms with E-state index in [2.05, 4.69) is 20.7 Å². The van der Waals surface area contributed by atoms with Crippen LogP contribution in [0.2, 0.25) is 0 Å². The molecular formula is C12H11N5O3. The first-order valence-corrected chi connectivity index (χ1v) is 6.07. The molecule has 0 saturated carbocycles. The maximum absolute atomic E-state index is 11.9. The maximum Gasteiger partial charge on any atom is 0.202 e. The van der Waals surface area contributed by atoms with Crippen molar-refractivity contribution in [3.8, 4) is 11.5 Å². The molecule has 0 unspecified atom stereocenters. The molecule has 0 atom stereocenters. The minimum Gasteiger partial charge on any atom is -0.461 e. The van der Waals surface area contributed by atoms with Crippen LogP contribution in [-0.4, -0.2) is 31.1 Å². The van der Waals surface area contributed by atoms with Gasteiger partial charge in [0.25, 0.3) is 0 Å². The first-order valence-electron chi connectivity index (χ1n) is 6.07. The third-order valence-corrected chi connectivity index (χ3v) is 2.74. The van der Waals surface area contributed by atoms with Crippen molar-refractivity contribution in [3.63, 3.8) is 0 Å². The number of carbonyl (C=O) groups is 1. The summed E-state index contributed by atoms with van der Waals surface area (Å²) in [5, 5.41) is 14.5. The first kappa shape index (κ1) is 12.3. The zero-order valence-corrected chi connectivity index (χ0v) is 10.5. The molecule has 3 heterocycles. The number of hydrogen-bond donors (Lipinski definition) is 0. The van der Waals surface area contributed by atoms with Gasteiger partial charge in [0.15, 0.2) is 11.5 Å². The summed E-state index contributed by atoms with van der Waals surface area (Å²) in [6.07, 6.45) is 4.03. The molecule has 8 nitrogen and oxygen atoms in total. The molecule has 0 bridgehead atoms. The van der Waals surface area contributed by atoms with Crippen molar-refractivity contribution in [1.29, 1.82) is 0 Å². The molecule has 0 fully saturated rings. The average Bonchev–Trinajstić information content (AvgIpc) is 3.20. The van der Waals surface area contributed by atoms with E-state index in [4.69, 9.17) is 8.94 Å². The summed E-state index contributed by atoms with van der Waals surface area (Å²) >= 11 is 0. The molecule has 0 aliphatic heterocycles. The molecule has 0 spiro atoms. The summed E-state index contributed by atoms with van der Waals surface area (Å²) < 4.78 is 11.8. The Bertz CT molecular complexity index is 672. The van der Waals surface area contributed by atoms with Crippen LogP contribution >= 0.6 is 0 Å². The van der Waals surface area contributed by atoms with Gasteiger partial charge in [-0.2, -0.15) is 0 Å². The highest BCUT2D eigenvalue weighted by molar-refractivity contribution is 5.94. The lowest BCUT2D eigenvalue weighted by molar-refractivity contribution is 0.0969. The van der Waals surface area contributed by atoms with E-state index in [-0.39, 0.29) is 5.78 Å². The fraction of sp³-hybridized carbons (Fsp3) is 0.250. The lowest BCUT2D eigenvalue weighted by Crippen LogP contribution is -2.04. The van der Waals surface area contributed by atoms with Crippen molar-refractivity contribution in [2.45, 2.75) is 19.4 Å². The monoisotopic (exact) mass is 273 g/mol. The van der Waals surface area contributed by atoms with Gasteiger partial charge in [-0.05, 0) is 29.0 Å². The minimum absolute atomic E-state index is 0.0837. The van der Waals surface area contributed by atoms with Gasteiger partial charge in [0, 0.05) is 19.0 Å². The largest absolute Gasteiger partial charge is 0.461 e. The van der Waals surface area contributed by atoms with Crippen LogP contribution in [0, 0.1) is 0 Å². The highest BCUT2D eigenvalue weighted by Crippen LogP contribution is 2.21. The van der Waals surface area contributed by atoms with Crippen LogP contribution in [0.1, 0.15) is 23.3 Å². The quantitative estimate of drug-likeness (QED) is 0.628. The zero-order valence-electron chi connectivity index (χ0n) is 10.5. The predicted octanol–water partition coefficient (Wildman–Crippen LogP) is 1.58. The summed E-state index contributed by atoms with van der Waals surface area (Å²) in [5.41, 5.74) is 0.299. The predicted molar refractivity (Wildman–Crippen MR) is 65.6 cm³/mol. The fourth-order valence-electron chi connectivity index (χ4n) is 1.75. The van der Waals surface area contributed by atoms with E-state index in [9.17, 15) is 4.79 Å². The SMILES string of the molecule is O=C(CCCn1cnnn1)c1cc(-c2ccco2)on1. The number of rotatable bonds is 6. The Kier molecular flexibility index (Phi) is 3.36. The molecule has 0 radical (unpaired) electrons. The lowest BCUT2D eigenvalue weighted by Gasteiger charge is -1.97. The standard InChI is InChI=1S/C12H11N5O3/c18-10(3-1-5-17-8-13-15-16-17)9-7-12(20-14-9)11-4-2-6-19-11/h2,4,6-8H,1,3,5H2. The lowest BCUT2D eigenvalue weighted by atomic mass is 10.1. The Labute approximate surface area is 113 Å². The van der Waals surface area contributed by atoms with Crippen molar-refractivity contribution < 1.29 is 13.7 Å². The first-order chi connectivity index (χ1) is 9.83. The molecule has 0 saturated heterocycles. The Morgan fingerprint density at radius 3 is 3.05 bits per heavy atom. The van der Waals surface area contributed by atoms with E-state index in [0.717, 1.165) is 0 Å². The molecule has 102 valence electrons. The van der Waals surface area contributed by atoms with Gasteiger partial charge in [-0.25, -0.2) is 4.68 Å². The minimum atomic E-state index is -0.0837. The molecule has 3 rings (SSSR count). The molecule has 0 aliphatic carbocycles. The van der Waals surface area contributed by atoms with E-state index < -0.39 is 0 Å². The van der Waals surface area contributed by atoms with E-state index >= 15 is 0 Å². The number of carbonyl (C=O) groups excluding carboxylic acids is 1. The highest BCUT2D eigenvalue weighted by Gasteiger charge is 2.14. The average molecular weight is 273 g/mol. The molecule has 0 amide bonds. The van der Waals surface area contributed by atoms with Crippen molar-refractivity contribution in [2.24, 2.45) is 0 Å². The number of aryl methyl sites for hydroxylation is 1. The zero-order chi connectivity index (χ0) is 13.8. The smallest absolute Gasteiger partial charge is 0.202 e. The number of hydrogen-bond acceptors (Lipinski definition) is 7. The van der Waals surface area contributed by atoms with E-state index in [0.29, 0.717) is 36.6 Å². The van der Waals surface area contributed by atoms with Crippen LogP contribution < -0.4 is 0 Å². The van der Waals surface area contributed by atoms with Crippen molar-refractivity contribution in [1.82, 2.24) is 25.4 Å². The summed E-state index contributed by atoms with van der Waals surface area (Å²) in [4.78, 5) is 11.9. The van der Waals surface area contributed by atoms with Crippen LogP contribution in [0.3, 0.4) is 0 Å². The van der Waals surface area contributed by atoms with Crippen LogP contribution in [0.5, 0.6) is 0 Å². The summed E-state index contributed by atoms with van der Waals surface area (Å²) in [5.74, 6) is 0.906. The second-order valence-corrected chi connectivity index (χ2v) is 4.15. The van der Waals surface area contributed by atoms with Gasteiger partial charge in [-0.3, -0.25) is 4.79 Å². The molecule has 0 aliphatic rings. The van der Waals surface area contributed by atoms with Crippen LogP contribution in [0.15, 0.2) is 39.7 Å². The van der Waals surface area contributed by atoms with E-state index in [1.165, 1.54) is 12.6 Å². The Morgan fingerprint density at radius 1 is 1.35 bits per heavy atom. The molecule has 8 heteroatoms. The number of furan rings is 1. The van der Waals surface area contributed by atoms with Crippen molar-refractivity contribution in [3.05, 3.63) is 36.5 Å². The molecule has 20 heavy (non-hydrogen) atoms. The maximum atomic E-state index is 11.9. The Hall–Kier alpha value is -2.77. The molecular weight excluding hydrogens is 262 g/mol. The van der Waals surface area contributed by atoms with Crippen LogP contribution in [0.4, 0.5) is 0 Å². The van der Waals surface area contributed by atoms with Crippen LogP contribution in [0.25, 0.3) is 11.5 Å². The highest BCUT2D eigenvalue weighted by atomic mass is 16.5. The fourth-order valence-corrected chi connectivity index (χ4v) is 1.75. The van der Waals surface area contributed by atoms with Gasteiger partial charge in [0.05, 0.1) is 6.26 Å². The van der Waals surface area contributed by atoms with Gasteiger partial charge in [-0.15, -0.1) is 5.10 Å². The van der Waals surface area contributed by atoms with Crippen molar-refractivity contribution in [2.75, 3.05) is 0 Å². The second-order valence-electron chi connectivity index (χ2n) is 4.15. The third-order valence-electron chi connectivity index (χ3n) is 2.74. The van der Waals surface area contributed by atoms with Gasteiger partial charge in [-0.1, -0.05) is 5.16 Å². The van der Waals surface area contributed by atoms with E-state index in [1.807, 2.05) is 0 Å². The van der Waals surface area contributed by atoms with Gasteiger partial charge >= 0.3 is 0 Å². The van der Waals surface area contributed by atoms with Gasteiger partial charge in [0.1, 0.15) is 12.0 Å². The number of aromatic nitrogens is 5. The Morgan fingerprint density at radius 2 is 2.30 bits per heavy atom. The molecule has 0 aromatic carbocycles. The number of Topliss-reactive ketones (excluding diaryl/α,β-unsaturated/α-hetero) is 1. The number of tetrazole rings is 1. The van der Waals surface area contributed by atoms with E-state index in [1.54, 1.807) is 22.9 Å². The van der Waals surface area contributed by atoms with Gasteiger partial charge < -0.3 is 8.94 Å². The van der Waals surface area contributed by atoms with Gasteiger partial charge in [0.2, 0.25) is 5.76 Å². The third kappa shape index (κ3) is 2.63. The molecule has 0 N–H and O–H groups in total. The van der Waals surface area contributed by atoms with Crippen LogP contribution in [-0.2, 0) is 6.54 Å². The Balaban J connectivity index is 1.57. The number of ketones is 1. The molecule has 3 aromatic rings. The number of nitrogens with zero attached hydrogens (tertiary/aromatic N) is 5. The summed E-state index contributed by atoms with van der Waals surface area (Å²) in [6, 6.07) is 5.07. The normalized spacial score (nSPS) is 10.8. The summed E-state index contributed by atoms with van der Waals surface area (Å²) in [7, 11) is 0. The van der Waals surface area contributed by atoms with Crippen molar-refractivity contribution >= 4 is 5.78 Å².